The van der Waals surface area contributed by atoms with Crippen LogP contribution in [-0.2, 0) is 4.79 Å². The second-order valence-electron chi connectivity index (χ2n) is 5.42. The highest BCUT2D eigenvalue weighted by atomic mass is 16.4. The maximum Gasteiger partial charge on any atom is 0.303 e. The zero-order valence-corrected chi connectivity index (χ0v) is 11.7. The first-order chi connectivity index (χ1) is 8.63. The molecule has 2 heteroatoms. The van der Waals surface area contributed by atoms with Gasteiger partial charge in [-0.2, -0.15) is 0 Å². The second-order valence-corrected chi connectivity index (χ2v) is 5.42. The van der Waals surface area contributed by atoms with Crippen LogP contribution in [0.3, 0.4) is 0 Å². The van der Waals surface area contributed by atoms with Crippen LogP contribution >= 0.6 is 0 Å². The first-order valence-corrected chi connectivity index (χ1v) is 7.13. The molecule has 1 aliphatic carbocycles. The molecule has 2 nitrogen and oxygen atoms in total. The molecular formula is C16H26O2. The van der Waals surface area contributed by atoms with Crippen molar-refractivity contribution in [3.63, 3.8) is 0 Å². The highest BCUT2D eigenvalue weighted by Gasteiger charge is 2.24. The average molecular weight is 250 g/mol. The largest absolute Gasteiger partial charge is 0.481 e. The van der Waals surface area contributed by atoms with Gasteiger partial charge >= 0.3 is 5.97 Å². The molecule has 102 valence electrons. The van der Waals surface area contributed by atoms with E-state index in [1.54, 1.807) is 0 Å². The van der Waals surface area contributed by atoms with Crippen LogP contribution in [0.15, 0.2) is 23.8 Å². The summed E-state index contributed by atoms with van der Waals surface area (Å²) >= 11 is 0. The molecule has 0 aromatic heterocycles. The zero-order chi connectivity index (χ0) is 13.4. The molecule has 1 N–H and O–H groups in total. The van der Waals surface area contributed by atoms with Crippen LogP contribution in [0.4, 0.5) is 0 Å². The van der Waals surface area contributed by atoms with Gasteiger partial charge in [0.2, 0.25) is 0 Å². The lowest BCUT2D eigenvalue weighted by atomic mass is 9.89. The van der Waals surface area contributed by atoms with E-state index in [1.165, 1.54) is 31.3 Å². The Morgan fingerprint density at radius 3 is 2.83 bits per heavy atom. The van der Waals surface area contributed by atoms with Crippen molar-refractivity contribution in [1.29, 1.82) is 0 Å². The van der Waals surface area contributed by atoms with Crippen molar-refractivity contribution in [2.24, 2.45) is 11.8 Å². The lowest BCUT2D eigenvalue weighted by Crippen LogP contribution is -2.05. The van der Waals surface area contributed by atoms with E-state index in [9.17, 15) is 4.79 Å². The molecule has 0 radical (unpaired) electrons. The predicted octanol–water partition coefficient (Wildman–Crippen LogP) is 4.57. The van der Waals surface area contributed by atoms with Crippen molar-refractivity contribution in [2.45, 2.75) is 58.8 Å². The molecule has 18 heavy (non-hydrogen) atoms. The molecule has 0 aliphatic heterocycles. The number of rotatable bonds is 7. The molecule has 0 aromatic rings. The van der Waals surface area contributed by atoms with E-state index in [-0.39, 0.29) is 6.42 Å². The molecule has 1 aliphatic rings. The standard InChI is InChI=1S/C16H26O2/c1-3-7-14-9-6-10-15(14)12-13(2)8-4-5-11-16(17)18/h3,7-8,14-15H,4-6,9-12H2,1-2H3,(H,17,18)/b7-3+,13-8+. The van der Waals surface area contributed by atoms with Gasteiger partial charge in [0.05, 0.1) is 0 Å². The van der Waals surface area contributed by atoms with Crippen LogP contribution in [0, 0.1) is 11.8 Å². The molecule has 0 aromatic carbocycles. The Hall–Kier alpha value is -1.05. The van der Waals surface area contributed by atoms with E-state index < -0.39 is 5.97 Å². The first kappa shape index (κ1) is 15.0. The summed E-state index contributed by atoms with van der Waals surface area (Å²) in [6.07, 6.45) is 13.9. The molecule has 0 spiro atoms. The van der Waals surface area contributed by atoms with E-state index in [4.69, 9.17) is 5.11 Å². The predicted molar refractivity (Wildman–Crippen MR) is 75.5 cm³/mol. The molecule has 0 bridgehead atoms. The van der Waals surface area contributed by atoms with Gasteiger partial charge in [0.25, 0.3) is 0 Å². The Labute approximate surface area is 111 Å². The van der Waals surface area contributed by atoms with Gasteiger partial charge in [0, 0.05) is 6.42 Å². The Morgan fingerprint density at radius 2 is 2.17 bits per heavy atom. The van der Waals surface area contributed by atoms with Crippen LogP contribution in [0.1, 0.15) is 58.8 Å². The summed E-state index contributed by atoms with van der Waals surface area (Å²) in [6.45, 7) is 4.29. The van der Waals surface area contributed by atoms with E-state index in [2.05, 4.69) is 32.1 Å². The van der Waals surface area contributed by atoms with E-state index in [1.807, 2.05) is 0 Å². The Morgan fingerprint density at radius 1 is 1.39 bits per heavy atom. The molecule has 2 unspecified atom stereocenters. The fraction of sp³-hybridized carbons (Fsp3) is 0.688. The Bertz CT molecular complexity index is 315. The van der Waals surface area contributed by atoms with Crippen molar-refractivity contribution in [1.82, 2.24) is 0 Å². The smallest absolute Gasteiger partial charge is 0.303 e. The van der Waals surface area contributed by atoms with E-state index in [0.717, 1.165) is 24.7 Å². The van der Waals surface area contributed by atoms with Gasteiger partial charge in [-0.3, -0.25) is 4.79 Å². The van der Waals surface area contributed by atoms with Crippen LogP contribution in [0.25, 0.3) is 0 Å². The van der Waals surface area contributed by atoms with Crippen molar-refractivity contribution in [3.8, 4) is 0 Å². The molecule has 1 saturated carbocycles. The molecule has 1 fully saturated rings. The fourth-order valence-electron chi connectivity index (χ4n) is 2.92. The van der Waals surface area contributed by atoms with Crippen molar-refractivity contribution >= 4 is 5.97 Å². The lowest BCUT2D eigenvalue weighted by Gasteiger charge is -2.16. The van der Waals surface area contributed by atoms with Crippen LogP contribution in [-0.4, -0.2) is 11.1 Å². The van der Waals surface area contributed by atoms with Gasteiger partial charge in [0.1, 0.15) is 0 Å². The third-order valence-electron chi connectivity index (χ3n) is 3.83. The molecule has 0 heterocycles. The summed E-state index contributed by atoms with van der Waals surface area (Å²) in [5, 5.41) is 8.57. The molecule has 1 rings (SSSR count). The first-order valence-electron chi connectivity index (χ1n) is 7.13. The topological polar surface area (TPSA) is 37.3 Å². The summed E-state index contributed by atoms with van der Waals surface area (Å²) in [5.41, 5.74) is 1.43. The highest BCUT2D eigenvalue weighted by molar-refractivity contribution is 5.66. The summed E-state index contributed by atoms with van der Waals surface area (Å²) in [5.74, 6) is 0.874. The SMILES string of the molecule is C/C=C/C1CCCC1C/C(C)=C/CCCC(=O)O. The minimum atomic E-state index is -0.690. The normalized spacial score (nSPS) is 24.9. The minimum Gasteiger partial charge on any atom is -0.481 e. The van der Waals surface area contributed by atoms with Gasteiger partial charge < -0.3 is 5.11 Å². The van der Waals surface area contributed by atoms with Gasteiger partial charge in [-0.15, -0.1) is 0 Å². The molecule has 0 saturated heterocycles. The summed E-state index contributed by atoms with van der Waals surface area (Å²) in [4.78, 5) is 10.4. The monoisotopic (exact) mass is 250 g/mol. The van der Waals surface area contributed by atoms with Crippen molar-refractivity contribution in [2.75, 3.05) is 0 Å². The highest BCUT2D eigenvalue weighted by Crippen LogP contribution is 2.36. The Balaban J connectivity index is 2.31. The van der Waals surface area contributed by atoms with E-state index in [0.29, 0.717) is 0 Å². The summed E-state index contributed by atoms with van der Waals surface area (Å²) < 4.78 is 0. The number of hydrogen-bond donors (Lipinski definition) is 1. The number of aliphatic carboxylic acids is 1. The number of carboxylic acid groups (broad SMARTS) is 1. The van der Waals surface area contributed by atoms with Crippen molar-refractivity contribution in [3.05, 3.63) is 23.8 Å². The van der Waals surface area contributed by atoms with Gasteiger partial charge in [0.15, 0.2) is 0 Å². The van der Waals surface area contributed by atoms with Gasteiger partial charge in [-0.05, 0) is 57.8 Å². The second kappa shape index (κ2) is 8.12. The third-order valence-corrected chi connectivity index (χ3v) is 3.83. The zero-order valence-electron chi connectivity index (χ0n) is 11.7. The van der Waals surface area contributed by atoms with Crippen LogP contribution < -0.4 is 0 Å². The molecular weight excluding hydrogens is 224 g/mol. The Kier molecular flexibility index (Phi) is 6.77. The average Bonchev–Trinajstić information content (AvgIpc) is 2.72. The van der Waals surface area contributed by atoms with Crippen LogP contribution in [0.5, 0.6) is 0 Å². The summed E-state index contributed by atoms with van der Waals surface area (Å²) in [7, 11) is 0. The fourth-order valence-corrected chi connectivity index (χ4v) is 2.92. The number of unbranched alkanes of at least 4 members (excludes halogenated alkanes) is 1. The quantitative estimate of drug-likeness (QED) is 0.531. The van der Waals surface area contributed by atoms with Gasteiger partial charge in [-0.25, -0.2) is 0 Å². The van der Waals surface area contributed by atoms with Crippen LogP contribution in [0.2, 0.25) is 0 Å². The molecule has 2 atom stereocenters. The van der Waals surface area contributed by atoms with E-state index >= 15 is 0 Å². The maximum absolute atomic E-state index is 10.4. The van der Waals surface area contributed by atoms with Crippen molar-refractivity contribution < 1.29 is 9.90 Å². The third kappa shape index (κ3) is 5.52. The summed E-state index contributed by atoms with van der Waals surface area (Å²) in [6, 6.07) is 0. The number of carbonyl (C=O) groups is 1. The minimum absolute atomic E-state index is 0.286. The van der Waals surface area contributed by atoms with Gasteiger partial charge in [-0.1, -0.05) is 30.2 Å². The molecule has 0 amide bonds. The number of hydrogen-bond acceptors (Lipinski definition) is 1. The lowest BCUT2D eigenvalue weighted by molar-refractivity contribution is -0.137. The number of allylic oxidation sites excluding steroid dienone is 4. The number of carboxylic acids is 1. The maximum atomic E-state index is 10.4.